The maximum atomic E-state index is 13.4. The number of aryl methyl sites for hydroxylation is 3. The first-order valence-electron chi connectivity index (χ1n) is 9.62. The van der Waals surface area contributed by atoms with Gasteiger partial charge in [-0.1, -0.05) is 24.3 Å². The highest BCUT2D eigenvalue weighted by Crippen LogP contribution is 2.32. The molecule has 0 N–H and O–H groups in total. The maximum Gasteiger partial charge on any atom is 0.263 e. The van der Waals surface area contributed by atoms with Gasteiger partial charge in [-0.05, 0) is 55.7 Å². The van der Waals surface area contributed by atoms with Crippen molar-refractivity contribution in [3.8, 4) is 16.9 Å². The van der Waals surface area contributed by atoms with Gasteiger partial charge in [0.1, 0.15) is 16.4 Å². The number of rotatable bonds is 5. The summed E-state index contributed by atoms with van der Waals surface area (Å²) in [6.07, 6.45) is 0. The molecule has 0 bridgehead atoms. The normalized spacial score (nSPS) is 11.1. The first-order valence-corrected chi connectivity index (χ1v) is 10.5. The van der Waals surface area contributed by atoms with E-state index in [0.717, 1.165) is 28.0 Å². The number of Topliss-reactive ketones (excluding diaryl/α,β-unsaturated/α-hetero) is 1. The predicted octanol–water partition coefficient (Wildman–Crippen LogP) is 4.94. The van der Waals surface area contributed by atoms with Gasteiger partial charge in [0.25, 0.3) is 5.56 Å². The number of fused-ring (bicyclic) bond motifs is 1. The first-order chi connectivity index (χ1) is 14.4. The minimum absolute atomic E-state index is 0.0382. The van der Waals surface area contributed by atoms with Crippen LogP contribution >= 0.6 is 11.3 Å². The molecular formula is C24H22N2O3S. The summed E-state index contributed by atoms with van der Waals surface area (Å²) in [6.45, 7) is 5.71. The Labute approximate surface area is 178 Å². The van der Waals surface area contributed by atoms with Crippen LogP contribution in [0.4, 0.5) is 0 Å². The Morgan fingerprint density at radius 2 is 1.90 bits per heavy atom. The molecule has 0 aliphatic rings. The molecule has 0 unspecified atom stereocenters. The second-order valence-electron chi connectivity index (χ2n) is 7.33. The standard InChI is InChI=1S/C24H22N2O3S/c1-14-8-9-18(10-15(14)2)21(27)12-26-16(3)25-23-22(24(26)28)20(13-30-23)17-6-5-7-19(11-17)29-4/h5-11,13H,12H2,1-4H3. The van der Waals surface area contributed by atoms with Gasteiger partial charge < -0.3 is 4.74 Å². The second-order valence-corrected chi connectivity index (χ2v) is 8.19. The van der Waals surface area contributed by atoms with Crippen LogP contribution in [0.1, 0.15) is 27.3 Å². The van der Waals surface area contributed by atoms with Crippen LogP contribution in [0, 0.1) is 20.8 Å². The summed E-state index contributed by atoms with van der Waals surface area (Å²) >= 11 is 1.43. The molecule has 30 heavy (non-hydrogen) atoms. The van der Waals surface area contributed by atoms with Crippen molar-refractivity contribution < 1.29 is 9.53 Å². The Bertz CT molecular complexity index is 1330. The van der Waals surface area contributed by atoms with E-state index in [1.54, 1.807) is 14.0 Å². The third kappa shape index (κ3) is 3.55. The summed E-state index contributed by atoms with van der Waals surface area (Å²) in [5.41, 5.74) is 4.27. The van der Waals surface area contributed by atoms with Gasteiger partial charge in [-0.3, -0.25) is 14.2 Å². The maximum absolute atomic E-state index is 13.4. The highest BCUT2D eigenvalue weighted by Gasteiger charge is 2.18. The Hall–Kier alpha value is -3.25. The van der Waals surface area contributed by atoms with E-state index in [1.165, 1.54) is 15.9 Å². The van der Waals surface area contributed by atoms with Crippen molar-refractivity contribution in [2.45, 2.75) is 27.3 Å². The monoisotopic (exact) mass is 418 g/mol. The second kappa shape index (κ2) is 7.88. The smallest absolute Gasteiger partial charge is 0.263 e. The lowest BCUT2D eigenvalue weighted by atomic mass is 10.0. The third-order valence-corrected chi connectivity index (χ3v) is 6.27. The van der Waals surface area contributed by atoms with Crippen LogP contribution in [-0.2, 0) is 6.54 Å². The summed E-state index contributed by atoms with van der Waals surface area (Å²) in [7, 11) is 1.61. The van der Waals surface area contributed by atoms with Gasteiger partial charge in [0.15, 0.2) is 5.78 Å². The van der Waals surface area contributed by atoms with Crippen LogP contribution in [0.15, 0.2) is 52.6 Å². The number of thiophene rings is 1. The highest BCUT2D eigenvalue weighted by atomic mass is 32.1. The van der Waals surface area contributed by atoms with E-state index in [0.29, 0.717) is 21.6 Å². The summed E-state index contributed by atoms with van der Waals surface area (Å²) < 4.78 is 6.79. The molecule has 0 atom stereocenters. The molecule has 0 fully saturated rings. The molecule has 0 spiro atoms. The third-order valence-electron chi connectivity index (χ3n) is 5.40. The fraction of sp³-hybridized carbons (Fsp3) is 0.208. The van der Waals surface area contributed by atoms with Gasteiger partial charge >= 0.3 is 0 Å². The molecule has 2 aromatic heterocycles. The summed E-state index contributed by atoms with van der Waals surface area (Å²) in [5, 5.41) is 2.47. The number of methoxy groups -OCH3 is 1. The molecule has 0 aliphatic heterocycles. The molecular weight excluding hydrogens is 396 g/mol. The van der Waals surface area contributed by atoms with Crippen LogP contribution in [0.3, 0.4) is 0 Å². The quantitative estimate of drug-likeness (QED) is 0.431. The van der Waals surface area contributed by atoms with Gasteiger partial charge in [-0.2, -0.15) is 0 Å². The SMILES string of the molecule is COc1cccc(-c2csc3nc(C)n(CC(=O)c4ccc(C)c(C)c4)c(=O)c23)c1. The summed E-state index contributed by atoms with van der Waals surface area (Å²) in [6, 6.07) is 13.2. The van der Waals surface area contributed by atoms with Crippen molar-refractivity contribution in [2.75, 3.05) is 7.11 Å². The zero-order chi connectivity index (χ0) is 21.4. The van der Waals surface area contributed by atoms with Crippen molar-refractivity contribution >= 4 is 27.3 Å². The lowest BCUT2D eigenvalue weighted by molar-refractivity contribution is 0.0969. The molecule has 2 heterocycles. The van der Waals surface area contributed by atoms with E-state index in [2.05, 4.69) is 4.98 Å². The Morgan fingerprint density at radius 1 is 1.10 bits per heavy atom. The molecule has 4 aromatic rings. The molecule has 0 saturated heterocycles. The molecule has 6 heteroatoms. The largest absolute Gasteiger partial charge is 0.497 e. The van der Waals surface area contributed by atoms with Crippen LogP contribution in [0.2, 0.25) is 0 Å². The summed E-state index contributed by atoms with van der Waals surface area (Å²) in [4.78, 5) is 31.6. The zero-order valence-corrected chi connectivity index (χ0v) is 18.2. The number of ether oxygens (including phenoxy) is 1. The molecule has 0 amide bonds. The van der Waals surface area contributed by atoms with Gasteiger partial charge in [0.2, 0.25) is 0 Å². The molecule has 0 saturated carbocycles. The number of aromatic nitrogens is 2. The average molecular weight is 419 g/mol. The Morgan fingerprint density at radius 3 is 2.63 bits per heavy atom. The van der Waals surface area contributed by atoms with E-state index >= 15 is 0 Å². The number of hydrogen-bond acceptors (Lipinski definition) is 5. The minimum atomic E-state index is -0.200. The average Bonchev–Trinajstić information content (AvgIpc) is 3.16. The zero-order valence-electron chi connectivity index (χ0n) is 17.4. The van der Waals surface area contributed by atoms with Crippen LogP contribution < -0.4 is 10.3 Å². The van der Waals surface area contributed by atoms with Crippen molar-refractivity contribution in [1.82, 2.24) is 9.55 Å². The number of carbonyl (C=O) groups is 1. The Kier molecular flexibility index (Phi) is 5.26. The fourth-order valence-electron chi connectivity index (χ4n) is 3.46. The van der Waals surface area contributed by atoms with Crippen molar-refractivity contribution in [1.29, 1.82) is 0 Å². The molecule has 0 aliphatic carbocycles. The van der Waals surface area contributed by atoms with E-state index in [1.807, 2.05) is 61.7 Å². The van der Waals surface area contributed by atoms with Gasteiger partial charge in [0, 0.05) is 16.5 Å². The van der Waals surface area contributed by atoms with E-state index < -0.39 is 0 Å². The van der Waals surface area contributed by atoms with Crippen LogP contribution in [-0.4, -0.2) is 22.4 Å². The highest BCUT2D eigenvalue weighted by molar-refractivity contribution is 7.17. The van der Waals surface area contributed by atoms with Crippen LogP contribution in [0.25, 0.3) is 21.3 Å². The van der Waals surface area contributed by atoms with Crippen molar-refractivity contribution in [3.63, 3.8) is 0 Å². The van der Waals surface area contributed by atoms with Crippen LogP contribution in [0.5, 0.6) is 5.75 Å². The minimum Gasteiger partial charge on any atom is -0.497 e. The van der Waals surface area contributed by atoms with Gasteiger partial charge in [0.05, 0.1) is 19.0 Å². The topological polar surface area (TPSA) is 61.2 Å². The molecule has 5 nitrogen and oxygen atoms in total. The summed E-state index contributed by atoms with van der Waals surface area (Å²) in [5.74, 6) is 1.14. The lowest BCUT2D eigenvalue weighted by Gasteiger charge is -2.11. The molecule has 4 rings (SSSR count). The number of ketones is 1. The number of nitrogens with zero attached hydrogens (tertiary/aromatic N) is 2. The number of benzene rings is 2. The van der Waals surface area contributed by atoms with E-state index in [-0.39, 0.29) is 17.9 Å². The molecule has 2 aromatic carbocycles. The first kappa shape index (κ1) is 20.0. The lowest BCUT2D eigenvalue weighted by Crippen LogP contribution is -2.27. The predicted molar refractivity (Wildman–Crippen MR) is 121 cm³/mol. The molecule has 152 valence electrons. The van der Waals surface area contributed by atoms with Gasteiger partial charge in [-0.25, -0.2) is 4.98 Å². The fourth-order valence-corrected chi connectivity index (χ4v) is 4.45. The van der Waals surface area contributed by atoms with E-state index in [4.69, 9.17) is 4.74 Å². The van der Waals surface area contributed by atoms with E-state index in [9.17, 15) is 9.59 Å². The number of hydrogen-bond donors (Lipinski definition) is 0. The van der Waals surface area contributed by atoms with Gasteiger partial charge in [-0.15, -0.1) is 11.3 Å². The molecule has 0 radical (unpaired) electrons. The Balaban J connectivity index is 1.80. The number of carbonyl (C=O) groups excluding carboxylic acids is 1. The van der Waals surface area contributed by atoms with Crippen molar-refractivity contribution in [3.05, 3.63) is 80.7 Å². The van der Waals surface area contributed by atoms with Crippen molar-refractivity contribution in [2.24, 2.45) is 0 Å².